The van der Waals surface area contributed by atoms with E-state index < -0.39 is 11.4 Å². The summed E-state index contributed by atoms with van der Waals surface area (Å²) in [5.41, 5.74) is 0.967. The summed E-state index contributed by atoms with van der Waals surface area (Å²) < 4.78 is 25.7. The number of hydrogen-bond donors (Lipinski definition) is 0. The lowest BCUT2D eigenvalue weighted by Gasteiger charge is -2.10. The van der Waals surface area contributed by atoms with Gasteiger partial charge in [0.15, 0.2) is 0 Å². The topological polar surface area (TPSA) is 49.4 Å². The van der Waals surface area contributed by atoms with Crippen LogP contribution in [0.2, 0.25) is 0 Å². The van der Waals surface area contributed by atoms with Crippen LogP contribution < -0.4 is 4.18 Å². The normalized spacial score (nSPS) is 12.7. The maximum Gasteiger partial charge on any atom is 0.147 e. The van der Waals surface area contributed by atoms with Gasteiger partial charge in [-0.25, -0.2) is 4.21 Å². The van der Waals surface area contributed by atoms with Gasteiger partial charge in [-0.2, -0.15) is 0 Å². The second-order valence-electron chi connectivity index (χ2n) is 3.27. The van der Waals surface area contributed by atoms with Crippen molar-refractivity contribution in [3.8, 4) is 5.75 Å². The van der Waals surface area contributed by atoms with E-state index in [1.54, 1.807) is 6.07 Å². The zero-order valence-corrected chi connectivity index (χ0v) is 8.91. The lowest BCUT2D eigenvalue weighted by atomic mass is 10.1. The summed E-state index contributed by atoms with van der Waals surface area (Å²) >= 11 is -2.53. The average molecular weight is 221 g/mol. The number of fused-ring (bicyclic) bond motifs is 1. The van der Waals surface area contributed by atoms with E-state index in [1.807, 2.05) is 37.3 Å². The molecule has 1 unspecified atom stereocenters. The minimum absolute atomic E-state index is 0.374. The van der Waals surface area contributed by atoms with Crippen LogP contribution in [0.1, 0.15) is 5.56 Å². The molecule has 0 radical (unpaired) electrons. The Bertz CT molecular complexity index is 522. The van der Waals surface area contributed by atoms with Crippen molar-refractivity contribution in [2.75, 3.05) is 0 Å². The zero-order valence-electron chi connectivity index (χ0n) is 8.10. The standard InChI is InChI=1S/C11H10O3S/c1-8-6-9-4-2-3-5-10(9)11(7-8)14-15(12)13/h2-7H,1H3,(H,12,13)/p-1. The minimum Gasteiger partial charge on any atom is -0.740 e. The fraction of sp³-hybridized carbons (Fsp3) is 0.0909. The maximum atomic E-state index is 10.5. The quantitative estimate of drug-likeness (QED) is 0.731. The zero-order chi connectivity index (χ0) is 10.8. The van der Waals surface area contributed by atoms with Gasteiger partial charge in [0.25, 0.3) is 0 Å². The molecule has 0 bridgehead atoms. The molecular weight excluding hydrogens is 212 g/mol. The van der Waals surface area contributed by atoms with Gasteiger partial charge in [-0.3, -0.25) is 0 Å². The first-order valence-electron chi connectivity index (χ1n) is 4.44. The van der Waals surface area contributed by atoms with Crippen molar-refractivity contribution in [2.24, 2.45) is 0 Å². The van der Waals surface area contributed by atoms with Gasteiger partial charge in [0.1, 0.15) is 17.1 Å². The highest BCUT2D eigenvalue weighted by atomic mass is 32.2. The van der Waals surface area contributed by atoms with Crippen LogP contribution >= 0.6 is 0 Å². The molecule has 2 aromatic rings. The van der Waals surface area contributed by atoms with Crippen molar-refractivity contribution in [1.82, 2.24) is 0 Å². The Balaban J connectivity index is 2.65. The average Bonchev–Trinajstić information content (AvgIpc) is 2.16. The van der Waals surface area contributed by atoms with Crippen LogP contribution in [0.4, 0.5) is 0 Å². The lowest BCUT2D eigenvalue weighted by Crippen LogP contribution is -1.98. The number of aryl methyl sites for hydroxylation is 1. The SMILES string of the molecule is Cc1cc(OS(=O)[O-])c2ccccc2c1. The molecule has 0 N–H and O–H groups in total. The van der Waals surface area contributed by atoms with Crippen molar-refractivity contribution in [1.29, 1.82) is 0 Å². The predicted molar refractivity (Wildman–Crippen MR) is 58.2 cm³/mol. The monoisotopic (exact) mass is 221 g/mol. The molecular formula is C11H9O3S-. The van der Waals surface area contributed by atoms with Gasteiger partial charge >= 0.3 is 0 Å². The van der Waals surface area contributed by atoms with E-state index >= 15 is 0 Å². The van der Waals surface area contributed by atoms with Crippen molar-refractivity contribution in [2.45, 2.75) is 6.92 Å². The molecule has 0 aliphatic carbocycles. The van der Waals surface area contributed by atoms with E-state index in [0.29, 0.717) is 5.75 Å². The van der Waals surface area contributed by atoms with E-state index in [4.69, 9.17) is 4.18 Å². The molecule has 0 fully saturated rings. The molecule has 0 heterocycles. The summed E-state index contributed by atoms with van der Waals surface area (Å²) in [6.07, 6.45) is 0. The Hall–Kier alpha value is -1.39. The minimum atomic E-state index is -2.53. The van der Waals surface area contributed by atoms with Gasteiger partial charge in [-0.1, -0.05) is 30.3 Å². The highest BCUT2D eigenvalue weighted by molar-refractivity contribution is 7.74. The molecule has 1 atom stereocenters. The molecule has 0 amide bonds. The van der Waals surface area contributed by atoms with E-state index in [-0.39, 0.29) is 0 Å². The number of rotatable bonds is 2. The molecule has 2 rings (SSSR count). The number of benzene rings is 2. The first-order chi connectivity index (χ1) is 7.16. The van der Waals surface area contributed by atoms with Crippen LogP contribution in [0.3, 0.4) is 0 Å². The fourth-order valence-electron chi connectivity index (χ4n) is 1.56. The largest absolute Gasteiger partial charge is 0.740 e. The second-order valence-corrected chi connectivity index (χ2v) is 3.85. The van der Waals surface area contributed by atoms with Crippen LogP contribution in [0.25, 0.3) is 10.8 Å². The van der Waals surface area contributed by atoms with Gasteiger partial charge in [0, 0.05) is 5.39 Å². The van der Waals surface area contributed by atoms with Gasteiger partial charge in [0.2, 0.25) is 0 Å². The van der Waals surface area contributed by atoms with Gasteiger partial charge < -0.3 is 8.74 Å². The van der Waals surface area contributed by atoms with Crippen LogP contribution in [-0.2, 0) is 11.4 Å². The summed E-state index contributed by atoms with van der Waals surface area (Å²) in [5, 5.41) is 1.77. The van der Waals surface area contributed by atoms with Gasteiger partial charge in [-0.05, 0) is 23.9 Å². The predicted octanol–water partition coefficient (Wildman–Crippen LogP) is 2.32. The summed E-state index contributed by atoms with van der Waals surface area (Å²) in [4.78, 5) is 0. The maximum absolute atomic E-state index is 10.5. The molecule has 78 valence electrons. The summed E-state index contributed by atoms with van der Waals surface area (Å²) in [6.45, 7) is 1.90. The summed E-state index contributed by atoms with van der Waals surface area (Å²) in [7, 11) is 0. The first kappa shape index (κ1) is 10.1. The molecule has 0 aromatic heterocycles. The van der Waals surface area contributed by atoms with E-state index in [1.165, 1.54) is 0 Å². The van der Waals surface area contributed by atoms with Crippen LogP contribution in [0.5, 0.6) is 5.75 Å². The van der Waals surface area contributed by atoms with Crippen LogP contribution in [0.15, 0.2) is 36.4 Å². The highest BCUT2D eigenvalue weighted by Gasteiger charge is 2.03. The van der Waals surface area contributed by atoms with Crippen molar-refractivity contribution < 1.29 is 12.9 Å². The Morgan fingerprint density at radius 3 is 2.73 bits per heavy atom. The fourth-order valence-corrected chi connectivity index (χ4v) is 1.85. The Morgan fingerprint density at radius 1 is 1.27 bits per heavy atom. The molecule has 0 aliphatic heterocycles. The van der Waals surface area contributed by atoms with Crippen LogP contribution in [-0.4, -0.2) is 8.76 Å². The van der Waals surface area contributed by atoms with Crippen LogP contribution in [0, 0.1) is 6.92 Å². The van der Waals surface area contributed by atoms with Crippen molar-refractivity contribution in [3.63, 3.8) is 0 Å². The smallest absolute Gasteiger partial charge is 0.147 e. The third kappa shape index (κ3) is 2.16. The first-order valence-corrected chi connectivity index (χ1v) is 5.44. The lowest BCUT2D eigenvalue weighted by molar-refractivity contribution is 0.442. The van der Waals surface area contributed by atoms with Gasteiger partial charge in [-0.15, -0.1) is 0 Å². The molecule has 0 spiro atoms. The van der Waals surface area contributed by atoms with Gasteiger partial charge in [0.05, 0.1) is 0 Å². The summed E-state index contributed by atoms with van der Waals surface area (Å²) in [5.74, 6) is 0.374. The third-order valence-corrected chi connectivity index (χ3v) is 2.44. The third-order valence-electron chi connectivity index (χ3n) is 2.13. The molecule has 4 heteroatoms. The van der Waals surface area contributed by atoms with E-state index in [2.05, 4.69) is 0 Å². The van der Waals surface area contributed by atoms with E-state index in [9.17, 15) is 8.76 Å². The van der Waals surface area contributed by atoms with E-state index in [0.717, 1.165) is 16.3 Å². The van der Waals surface area contributed by atoms with Crippen molar-refractivity contribution in [3.05, 3.63) is 42.0 Å². The van der Waals surface area contributed by atoms with Crippen molar-refractivity contribution >= 4 is 22.1 Å². The second kappa shape index (κ2) is 4.00. The molecule has 0 saturated carbocycles. The Morgan fingerprint density at radius 2 is 2.00 bits per heavy atom. The molecule has 2 aromatic carbocycles. The summed E-state index contributed by atoms with van der Waals surface area (Å²) in [6, 6.07) is 11.2. The molecule has 15 heavy (non-hydrogen) atoms. The molecule has 3 nitrogen and oxygen atoms in total. The molecule has 0 aliphatic rings. The Labute approximate surface area is 90.2 Å². The Kier molecular flexibility index (Phi) is 2.70. The molecule has 0 saturated heterocycles. The number of hydrogen-bond acceptors (Lipinski definition) is 3. The highest BCUT2D eigenvalue weighted by Crippen LogP contribution is 2.27.